The molecule has 2 rings (SSSR count). The number of amides is 1. The molecule has 0 saturated carbocycles. The molecule has 128 valence electrons. The largest absolute Gasteiger partial charge is 0.340 e. The summed E-state index contributed by atoms with van der Waals surface area (Å²) in [6, 6.07) is 0.535. The summed E-state index contributed by atoms with van der Waals surface area (Å²) in [6.45, 7) is 10.4. The molecule has 2 fully saturated rings. The van der Waals surface area contributed by atoms with Gasteiger partial charge in [-0.25, -0.2) is 8.42 Å². The summed E-state index contributed by atoms with van der Waals surface area (Å²) in [6.07, 6.45) is 2.02. The molecule has 2 aliphatic heterocycles. The van der Waals surface area contributed by atoms with Gasteiger partial charge in [0.05, 0.1) is 5.75 Å². The lowest BCUT2D eigenvalue weighted by molar-refractivity contribution is -0.130. The maximum absolute atomic E-state index is 11.4. The standard InChI is InChI=1S/C15H29N3O3S/c1-13-11-16(5-4-10-22(3,20)21)12-15(13)18-8-6-17(7-9-18)14(2)19/h13,15H,4-12H2,1-3H3. The van der Waals surface area contributed by atoms with Crippen LogP contribution in [0, 0.1) is 5.92 Å². The van der Waals surface area contributed by atoms with E-state index in [4.69, 9.17) is 0 Å². The Balaban J connectivity index is 1.78. The number of rotatable bonds is 5. The van der Waals surface area contributed by atoms with Crippen LogP contribution in [-0.2, 0) is 14.6 Å². The van der Waals surface area contributed by atoms with E-state index in [2.05, 4.69) is 16.7 Å². The first kappa shape index (κ1) is 17.7. The van der Waals surface area contributed by atoms with Crippen molar-refractivity contribution in [3.05, 3.63) is 0 Å². The van der Waals surface area contributed by atoms with E-state index >= 15 is 0 Å². The molecule has 0 aliphatic carbocycles. The molecule has 1 amide bonds. The van der Waals surface area contributed by atoms with Crippen molar-refractivity contribution in [2.24, 2.45) is 5.92 Å². The fourth-order valence-electron chi connectivity index (χ4n) is 3.62. The Bertz CT molecular complexity index is 486. The van der Waals surface area contributed by atoms with Crippen LogP contribution in [0.1, 0.15) is 20.3 Å². The second kappa shape index (κ2) is 7.27. The van der Waals surface area contributed by atoms with Crippen LogP contribution in [0.15, 0.2) is 0 Å². The van der Waals surface area contributed by atoms with Crippen molar-refractivity contribution in [1.82, 2.24) is 14.7 Å². The van der Waals surface area contributed by atoms with E-state index in [0.717, 1.165) is 52.2 Å². The first-order valence-electron chi connectivity index (χ1n) is 8.16. The normalized spacial score (nSPS) is 28.2. The van der Waals surface area contributed by atoms with Crippen LogP contribution in [0.4, 0.5) is 0 Å². The zero-order chi connectivity index (χ0) is 16.3. The van der Waals surface area contributed by atoms with E-state index in [0.29, 0.717) is 12.0 Å². The minimum atomic E-state index is -2.85. The number of carbonyl (C=O) groups is 1. The highest BCUT2D eigenvalue weighted by Gasteiger charge is 2.35. The molecule has 0 aromatic heterocycles. The van der Waals surface area contributed by atoms with Gasteiger partial charge in [-0.1, -0.05) is 6.92 Å². The Morgan fingerprint density at radius 1 is 1.14 bits per heavy atom. The van der Waals surface area contributed by atoms with Gasteiger partial charge < -0.3 is 9.80 Å². The van der Waals surface area contributed by atoms with Crippen LogP contribution in [0.3, 0.4) is 0 Å². The van der Waals surface area contributed by atoms with Gasteiger partial charge in [-0.3, -0.25) is 9.69 Å². The Morgan fingerprint density at radius 2 is 1.77 bits per heavy atom. The van der Waals surface area contributed by atoms with Crippen molar-refractivity contribution in [3.8, 4) is 0 Å². The van der Waals surface area contributed by atoms with E-state index in [9.17, 15) is 13.2 Å². The summed E-state index contributed by atoms with van der Waals surface area (Å²) in [5.74, 6) is 1.04. The molecule has 2 heterocycles. The number of nitrogens with zero attached hydrogens (tertiary/aromatic N) is 3. The SMILES string of the molecule is CC(=O)N1CCN(C2CN(CCCS(C)(=O)=O)CC2C)CC1. The molecular weight excluding hydrogens is 302 g/mol. The Kier molecular flexibility index (Phi) is 5.85. The molecule has 2 saturated heterocycles. The van der Waals surface area contributed by atoms with Gasteiger partial charge in [0.1, 0.15) is 9.84 Å². The summed E-state index contributed by atoms with van der Waals surface area (Å²) < 4.78 is 22.4. The molecule has 0 aromatic rings. The van der Waals surface area contributed by atoms with E-state index in [1.807, 2.05) is 4.90 Å². The zero-order valence-electron chi connectivity index (χ0n) is 14.0. The van der Waals surface area contributed by atoms with Gasteiger partial charge in [0, 0.05) is 58.5 Å². The molecule has 0 aromatic carbocycles. The summed E-state index contributed by atoms with van der Waals surface area (Å²) in [7, 11) is -2.85. The second-order valence-electron chi connectivity index (χ2n) is 6.83. The van der Waals surface area contributed by atoms with Gasteiger partial charge in [0.2, 0.25) is 5.91 Å². The predicted octanol–water partition coefficient (Wildman–Crippen LogP) is -0.0945. The molecule has 0 spiro atoms. The van der Waals surface area contributed by atoms with Crippen molar-refractivity contribution in [3.63, 3.8) is 0 Å². The molecule has 0 bridgehead atoms. The van der Waals surface area contributed by atoms with Crippen molar-refractivity contribution in [2.75, 3.05) is 57.8 Å². The number of sulfone groups is 1. The van der Waals surface area contributed by atoms with Gasteiger partial charge in [0.15, 0.2) is 0 Å². The zero-order valence-corrected chi connectivity index (χ0v) is 14.8. The van der Waals surface area contributed by atoms with Gasteiger partial charge in [-0.15, -0.1) is 0 Å². The van der Waals surface area contributed by atoms with E-state index in [-0.39, 0.29) is 11.7 Å². The number of hydrogen-bond donors (Lipinski definition) is 0. The van der Waals surface area contributed by atoms with Gasteiger partial charge in [-0.2, -0.15) is 0 Å². The van der Waals surface area contributed by atoms with Crippen molar-refractivity contribution in [1.29, 1.82) is 0 Å². The summed E-state index contributed by atoms with van der Waals surface area (Å²) >= 11 is 0. The average Bonchev–Trinajstić information content (AvgIpc) is 2.78. The van der Waals surface area contributed by atoms with E-state index in [1.165, 1.54) is 6.26 Å². The molecule has 6 nitrogen and oxygen atoms in total. The molecule has 7 heteroatoms. The van der Waals surface area contributed by atoms with Gasteiger partial charge in [0.25, 0.3) is 0 Å². The molecule has 2 unspecified atom stereocenters. The van der Waals surface area contributed by atoms with Gasteiger partial charge in [-0.05, 0) is 18.9 Å². The highest BCUT2D eigenvalue weighted by molar-refractivity contribution is 7.90. The van der Waals surface area contributed by atoms with Crippen LogP contribution >= 0.6 is 0 Å². The van der Waals surface area contributed by atoms with Crippen molar-refractivity contribution in [2.45, 2.75) is 26.3 Å². The Hall–Kier alpha value is -0.660. The maximum Gasteiger partial charge on any atom is 0.219 e. The number of hydrogen-bond acceptors (Lipinski definition) is 5. The second-order valence-corrected chi connectivity index (χ2v) is 9.09. The number of likely N-dealkylation sites (tertiary alicyclic amines) is 1. The van der Waals surface area contributed by atoms with Crippen LogP contribution in [0.25, 0.3) is 0 Å². The highest BCUT2D eigenvalue weighted by atomic mass is 32.2. The monoisotopic (exact) mass is 331 g/mol. The van der Waals surface area contributed by atoms with Crippen molar-refractivity contribution >= 4 is 15.7 Å². The molecule has 22 heavy (non-hydrogen) atoms. The van der Waals surface area contributed by atoms with E-state index in [1.54, 1.807) is 6.92 Å². The number of carbonyl (C=O) groups excluding carboxylic acids is 1. The summed E-state index contributed by atoms with van der Waals surface area (Å²) in [5.41, 5.74) is 0. The van der Waals surface area contributed by atoms with Crippen molar-refractivity contribution < 1.29 is 13.2 Å². The number of piperazine rings is 1. The molecule has 2 aliphatic rings. The third-order valence-corrected chi connectivity index (χ3v) is 5.90. The average molecular weight is 331 g/mol. The molecular formula is C15H29N3O3S. The summed E-state index contributed by atoms with van der Waals surface area (Å²) in [5, 5.41) is 0. The predicted molar refractivity (Wildman–Crippen MR) is 87.5 cm³/mol. The lowest BCUT2D eigenvalue weighted by atomic mass is 10.0. The van der Waals surface area contributed by atoms with Crippen LogP contribution in [0.5, 0.6) is 0 Å². The minimum absolute atomic E-state index is 0.168. The summed E-state index contributed by atoms with van der Waals surface area (Å²) in [4.78, 5) is 18.2. The quantitative estimate of drug-likeness (QED) is 0.704. The van der Waals surface area contributed by atoms with Crippen LogP contribution < -0.4 is 0 Å². The molecule has 0 N–H and O–H groups in total. The lowest BCUT2D eigenvalue weighted by Gasteiger charge is -2.39. The first-order valence-corrected chi connectivity index (χ1v) is 10.2. The van der Waals surface area contributed by atoms with Gasteiger partial charge >= 0.3 is 0 Å². The Morgan fingerprint density at radius 3 is 2.32 bits per heavy atom. The van der Waals surface area contributed by atoms with Crippen LogP contribution in [-0.4, -0.2) is 92.9 Å². The highest BCUT2D eigenvalue weighted by Crippen LogP contribution is 2.23. The topological polar surface area (TPSA) is 60.9 Å². The maximum atomic E-state index is 11.4. The fourth-order valence-corrected chi connectivity index (χ4v) is 4.28. The third kappa shape index (κ3) is 4.93. The van der Waals surface area contributed by atoms with Crippen LogP contribution in [0.2, 0.25) is 0 Å². The Labute approximate surface area is 134 Å². The minimum Gasteiger partial charge on any atom is -0.340 e. The third-order valence-electron chi connectivity index (χ3n) is 4.87. The molecule has 0 radical (unpaired) electrons. The smallest absolute Gasteiger partial charge is 0.219 e. The fraction of sp³-hybridized carbons (Fsp3) is 0.933. The first-order chi connectivity index (χ1) is 10.3. The lowest BCUT2D eigenvalue weighted by Crippen LogP contribution is -2.53. The molecule has 2 atom stereocenters. The van der Waals surface area contributed by atoms with E-state index < -0.39 is 9.84 Å².